The van der Waals surface area contributed by atoms with Crippen LogP contribution in [0.4, 0.5) is 0 Å². The highest BCUT2D eigenvalue weighted by Gasteiger charge is 2.22. The van der Waals surface area contributed by atoms with E-state index in [-0.39, 0.29) is 32.0 Å². The molecule has 0 aliphatic carbocycles. The van der Waals surface area contributed by atoms with E-state index < -0.39 is 26.5 Å². The Kier molecular flexibility index (Phi) is 52.4. The Morgan fingerprint density at radius 2 is 0.730 bits per heavy atom. The summed E-state index contributed by atoms with van der Waals surface area (Å²) in [6.07, 6.45) is 74.5. The third-order valence-electron chi connectivity index (χ3n) is 12.6. The van der Waals surface area contributed by atoms with Gasteiger partial charge in [-0.15, -0.1) is 0 Å². The highest BCUT2D eigenvalue weighted by Crippen LogP contribution is 2.38. The van der Waals surface area contributed by atoms with Crippen LogP contribution >= 0.6 is 7.82 Å². The van der Waals surface area contributed by atoms with Gasteiger partial charge in [0.05, 0.1) is 27.7 Å². The normalized spacial score (nSPS) is 14.0. The molecule has 426 valence electrons. The summed E-state index contributed by atoms with van der Waals surface area (Å²) in [6.45, 7) is 4.02. The molecule has 0 bridgehead atoms. The van der Waals surface area contributed by atoms with Gasteiger partial charge in [0.25, 0.3) is 7.82 Å². The van der Waals surface area contributed by atoms with Gasteiger partial charge in [-0.3, -0.25) is 14.2 Å². The number of phosphoric acid groups is 1. The van der Waals surface area contributed by atoms with Crippen molar-refractivity contribution in [1.29, 1.82) is 0 Å². The van der Waals surface area contributed by atoms with Crippen LogP contribution in [0.25, 0.3) is 0 Å². The summed E-state index contributed by atoms with van der Waals surface area (Å²) in [6, 6.07) is 0. The Bertz CT molecular complexity index is 1570. The minimum atomic E-state index is -4.64. The molecule has 0 spiro atoms. The third-order valence-corrected chi connectivity index (χ3v) is 13.6. The zero-order chi connectivity index (χ0) is 54.2. The van der Waals surface area contributed by atoms with Gasteiger partial charge in [-0.2, -0.15) is 0 Å². The van der Waals surface area contributed by atoms with E-state index in [0.29, 0.717) is 17.4 Å². The van der Waals surface area contributed by atoms with Gasteiger partial charge in [-0.05, 0) is 89.9 Å². The molecule has 74 heavy (non-hydrogen) atoms. The number of nitrogens with zero attached hydrogens (tertiary/aromatic N) is 1. The van der Waals surface area contributed by atoms with E-state index in [1.165, 1.54) is 109 Å². The zero-order valence-electron chi connectivity index (χ0n) is 48.3. The van der Waals surface area contributed by atoms with Crippen LogP contribution in [0, 0.1) is 0 Å². The first-order valence-electron chi connectivity index (χ1n) is 29.9. The lowest BCUT2D eigenvalue weighted by Gasteiger charge is -2.28. The van der Waals surface area contributed by atoms with E-state index in [1.807, 2.05) is 21.1 Å². The lowest BCUT2D eigenvalue weighted by molar-refractivity contribution is -0.870. The van der Waals surface area contributed by atoms with Gasteiger partial charge in [0.2, 0.25) is 0 Å². The SMILES string of the molecule is CC/C=C\C/C=C\C/C=C\C/C=C\CCCCCCCCCCCCCCCCC(=O)OC(COC(=O)CCCCCCCCCCCC/C=C\C/C=C\C/C=C\C/C=C\CC)COP(=O)([O-])OCC[N+](C)(C)C. The summed E-state index contributed by atoms with van der Waals surface area (Å²) in [7, 11) is 1.16. The molecule has 0 aromatic carbocycles. The number of phosphoric ester groups is 1. The number of ether oxygens (including phenoxy) is 2. The summed E-state index contributed by atoms with van der Waals surface area (Å²) < 4.78 is 34.2. The second-order valence-corrected chi connectivity index (χ2v) is 22.4. The number of likely N-dealkylation sites (N-methyl/N-ethyl adjacent to an activating group) is 1. The average molecular weight is 1050 g/mol. The van der Waals surface area contributed by atoms with Crippen molar-refractivity contribution in [2.75, 3.05) is 47.5 Å². The van der Waals surface area contributed by atoms with E-state index in [9.17, 15) is 19.0 Å². The molecule has 0 radical (unpaired) electrons. The quantitative estimate of drug-likeness (QED) is 0.0195. The van der Waals surface area contributed by atoms with Gasteiger partial charge >= 0.3 is 11.9 Å². The number of rotatable bonds is 54. The van der Waals surface area contributed by atoms with Crippen molar-refractivity contribution < 1.29 is 42.1 Å². The molecule has 0 aliphatic heterocycles. The number of esters is 2. The molecule has 0 aliphatic rings. The Hall–Kier alpha value is -3.07. The Balaban J connectivity index is 4.15. The summed E-state index contributed by atoms with van der Waals surface area (Å²) in [5.41, 5.74) is 0. The molecule has 2 atom stereocenters. The number of unbranched alkanes of at least 4 members (excludes halogenated alkanes) is 24. The first-order valence-corrected chi connectivity index (χ1v) is 31.4. The maximum Gasteiger partial charge on any atom is 0.306 e. The Labute approximate surface area is 455 Å². The smallest absolute Gasteiger partial charge is 0.306 e. The third kappa shape index (κ3) is 58.2. The summed E-state index contributed by atoms with van der Waals surface area (Å²) >= 11 is 0. The van der Waals surface area contributed by atoms with Gasteiger partial charge in [0, 0.05) is 12.8 Å². The van der Waals surface area contributed by atoms with Crippen LogP contribution in [0.1, 0.15) is 245 Å². The fourth-order valence-electron chi connectivity index (χ4n) is 8.05. The Morgan fingerprint density at radius 1 is 0.419 bits per heavy atom. The van der Waals surface area contributed by atoms with Crippen LogP contribution in [0.3, 0.4) is 0 Å². The first-order chi connectivity index (χ1) is 36.0. The molecule has 0 fully saturated rings. The van der Waals surface area contributed by atoms with E-state index in [4.69, 9.17) is 18.5 Å². The van der Waals surface area contributed by atoms with Crippen LogP contribution in [-0.4, -0.2) is 70.0 Å². The van der Waals surface area contributed by atoms with Crippen LogP contribution < -0.4 is 4.89 Å². The number of quaternary nitrogens is 1. The van der Waals surface area contributed by atoms with Crippen LogP contribution in [-0.2, 0) is 32.7 Å². The standard InChI is InChI=1S/C64H112NO8P/c1-6-8-10-12-14-16-18-20-22-24-26-28-30-31-32-33-35-37-39-41-43-45-47-49-51-53-55-57-64(67)73-62(61-72-74(68,69)71-59-58-65(3,4)5)60-70-63(66)56-54-52-50-48-46-44-42-40-38-36-34-29-27-25-23-21-19-17-15-13-11-9-7-2/h8-11,14-17,20-23,26-29,62H,6-7,12-13,18-19,24-25,30-61H2,1-5H3/b10-8-,11-9-,16-14-,17-15-,22-20-,23-21-,28-26-,29-27-. The highest BCUT2D eigenvalue weighted by molar-refractivity contribution is 7.45. The molecular formula is C64H112NO8P. The molecule has 2 unspecified atom stereocenters. The number of carbonyl (C=O) groups is 2. The van der Waals surface area contributed by atoms with Crippen molar-refractivity contribution in [2.24, 2.45) is 0 Å². The van der Waals surface area contributed by atoms with Gasteiger partial charge in [-0.25, -0.2) is 0 Å². The minimum Gasteiger partial charge on any atom is -0.756 e. The lowest BCUT2D eigenvalue weighted by Crippen LogP contribution is -2.37. The molecule has 0 saturated carbocycles. The van der Waals surface area contributed by atoms with Crippen molar-refractivity contribution in [3.05, 3.63) is 97.2 Å². The molecule has 0 aromatic rings. The van der Waals surface area contributed by atoms with Gasteiger partial charge < -0.3 is 27.9 Å². The average Bonchev–Trinajstić information content (AvgIpc) is 3.36. The second kappa shape index (κ2) is 54.7. The van der Waals surface area contributed by atoms with Crippen molar-refractivity contribution in [3.63, 3.8) is 0 Å². The predicted molar refractivity (Wildman–Crippen MR) is 314 cm³/mol. The van der Waals surface area contributed by atoms with Gasteiger partial charge in [0.15, 0.2) is 6.10 Å². The van der Waals surface area contributed by atoms with Crippen LogP contribution in [0.15, 0.2) is 97.2 Å². The van der Waals surface area contributed by atoms with Gasteiger partial charge in [-0.1, -0.05) is 239 Å². The maximum atomic E-state index is 12.8. The number of hydrogen-bond donors (Lipinski definition) is 0. The maximum absolute atomic E-state index is 12.8. The molecular weight excluding hydrogens is 942 g/mol. The summed E-state index contributed by atoms with van der Waals surface area (Å²) in [5, 5.41) is 0. The fraction of sp³-hybridized carbons (Fsp3) is 0.719. The molecule has 9 nitrogen and oxygen atoms in total. The van der Waals surface area contributed by atoms with Crippen LogP contribution in [0.5, 0.6) is 0 Å². The van der Waals surface area contributed by atoms with Crippen molar-refractivity contribution in [2.45, 2.75) is 251 Å². The number of carbonyl (C=O) groups excluding carboxylic acids is 2. The highest BCUT2D eigenvalue weighted by atomic mass is 31.2. The summed E-state index contributed by atoms with van der Waals surface area (Å²) in [5.74, 6) is -0.838. The zero-order valence-corrected chi connectivity index (χ0v) is 49.2. The van der Waals surface area contributed by atoms with Crippen molar-refractivity contribution in [3.8, 4) is 0 Å². The molecule has 0 rings (SSSR count). The number of allylic oxidation sites excluding steroid dienone is 16. The number of hydrogen-bond acceptors (Lipinski definition) is 8. The van der Waals surface area contributed by atoms with E-state index >= 15 is 0 Å². The fourth-order valence-corrected chi connectivity index (χ4v) is 8.78. The van der Waals surface area contributed by atoms with Crippen LogP contribution in [0.2, 0.25) is 0 Å². The summed E-state index contributed by atoms with van der Waals surface area (Å²) in [4.78, 5) is 37.9. The molecule has 0 aromatic heterocycles. The van der Waals surface area contributed by atoms with E-state index in [0.717, 1.165) is 103 Å². The van der Waals surface area contributed by atoms with E-state index in [1.54, 1.807) is 0 Å². The largest absolute Gasteiger partial charge is 0.756 e. The van der Waals surface area contributed by atoms with Crippen molar-refractivity contribution in [1.82, 2.24) is 0 Å². The molecule has 0 saturated heterocycles. The molecule has 0 heterocycles. The minimum absolute atomic E-state index is 0.0353. The topological polar surface area (TPSA) is 111 Å². The molecule has 0 amide bonds. The monoisotopic (exact) mass is 1050 g/mol. The lowest BCUT2D eigenvalue weighted by atomic mass is 10.0. The molecule has 0 N–H and O–H groups in total. The van der Waals surface area contributed by atoms with Gasteiger partial charge in [0.1, 0.15) is 19.8 Å². The Morgan fingerprint density at radius 3 is 1.08 bits per heavy atom. The second-order valence-electron chi connectivity index (χ2n) is 20.9. The van der Waals surface area contributed by atoms with Crippen molar-refractivity contribution >= 4 is 19.8 Å². The predicted octanol–water partition coefficient (Wildman–Crippen LogP) is 18.2. The first kappa shape index (κ1) is 70.9. The molecule has 10 heteroatoms. The van der Waals surface area contributed by atoms with E-state index in [2.05, 4.69) is 111 Å².